The summed E-state index contributed by atoms with van der Waals surface area (Å²) in [6.07, 6.45) is 3.38. The summed E-state index contributed by atoms with van der Waals surface area (Å²) in [6, 6.07) is 3.24. The lowest BCUT2D eigenvalue weighted by Gasteiger charge is -2.25. The second-order valence-electron chi connectivity index (χ2n) is 4.60. The molecule has 0 saturated heterocycles. The monoisotopic (exact) mass is 266 g/mol. The van der Waals surface area contributed by atoms with Gasteiger partial charge in [0.2, 0.25) is 0 Å². The molecule has 1 aliphatic rings. The molecule has 1 aromatic carbocycles. The number of aromatic carboxylic acids is 1. The first-order valence-electron chi connectivity index (χ1n) is 6.14. The third-order valence-corrected chi connectivity index (χ3v) is 3.25. The molecule has 0 unspecified atom stereocenters. The highest BCUT2D eigenvalue weighted by atomic mass is 19.1. The van der Waals surface area contributed by atoms with Gasteiger partial charge in [0.1, 0.15) is 11.4 Å². The van der Waals surface area contributed by atoms with Crippen LogP contribution in [0.2, 0.25) is 0 Å². The maximum atomic E-state index is 13.4. The molecule has 19 heavy (non-hydrogen) atoms. The third kappa shape index (κ3) is 3.21. The molecule has 0 spiro atoms. The fraction of sp³-hybridized carbons (Fsp3) is 0.385. The van der Waals surface area contributed by atoms with Gasteiger partial charge in [0.05, 0.1) is 5.69 Å². The van der Waals surface area contributed by atoms with Crippen LogP contribution in [0.3, 0.4) is 0 Å². The Morgan fingerprint density at radius 3 is 2.68 bits per heavy atom. The SMILES string of the molecule is O=C(NCC1CCC1)Nc1cccc(F)c1C(=O)O. The molecule has 0 aromatic heterocycles. The first-order valence-corrected chi connectivity index (χ1v) is 6.14. The summed E-state index contributed by atoms with van der Waals surface area (Å²) in [5.41, 5.74) is -0.570. The van der Waals surface area contributed by atoms with Crippen molar-refractivity contribution >= 4 is 17.7 Å². The van der Waals surface area contributed by atoms with Gasteiger partial charge in [0, 0.05) is 6.54 Å². The van der Waals surface area contributed by atoms with Gasteiger partial charge in [0.25, 0.3) is 0 Å². The summed E-state index contributed by atoms with van der Waals surface area (Å²) in [4.78, 5) is 22.5. The van der Waals surface area contributed by atoms with Gasteiger partial charge < -0.3 is 15.7 Å². The van der Waals surface area contributed by atoms with Crippen LogP contribution in [-0.2, 0) is 0 Å². The number of hydrogen-bond donors (Lipinski definition) is 3. The quantitative estimate of drug-likeness (QED) is 0.783. The van der Waals surface area contributed by atoms with E-state index in [1.807, 2.05) is 0 Å². The van der Waals surface area contributed by atoms with E-state index < -0.39 is 23.4 Å². The van der Waals surface area contributed by atoms with E-state index in [1.165, 1.54) is 18.6 Å². The third-order valence-electron chi connectivity index (χ3n) is 3.25. The highest BCUT2D eigenvalue weighted by Crippen LogP contribution is 2.25. The Hall–Kier alpha value is -2.11. The topological polar surface area (TPSA) is 78.4 Å². The summed E-state index contributed by atoms with van der Waals surface area (Å²) < 4.78 is 13.4. The average molecular weight is 266 g/mol. The largest absolute Gasteiger partial charge is 0.478 e. The Labute approximate surface area is 109 Å². The molecular weight excluding hydrogens is 251 g/mol. The van der Waals surface area contributed by atoms with Crippen LogP contribution < -0.4 is 10.6 Å². The molecule has 102 valence electrons. The molecule has 0 heterocycles. The standard InChI is InChI=1S/C13H15FN2O3/c14-9-5-2-6-10(11(9)12(17)18)16-13(19)15-7-8-3-1-4-8/h2,5-6,8H,1,3-4,7H2,(H,17,18)(H2,15,16,19). The van der Waals surface area contributed by atoms with E-state index in [4.69, 9.17) is 5.11 Å². The van der Waals surface area contributed by atoms with Gasteiger partial charge in [-0.1, -0.05) is 12.5 Å². The minimum atomic E-state index is -1.41. The molecule has 2 rings (SSSR count). The maximum absolute atomic E-state index is 13.4. The van der Waals surface area contributed by atoms with Crippen LogP contribution in [-0.4, -0.2) is 23.7 Å². The number of hydrogen-bond acceptors (Lipinski definition) is 2. The summed E-state index contributed by atoms with van der Waals surface area (Å²) in [7, 11) is 0. The predicted octanol–water partition coefficient (Wildman–Crippen LogP) is 2.45. The number of carboxylic acids is 1. The number of urea groups is 1. The second kappa shape index (κ2) is 5.69. The Bertz CT molecular complexity index is 501. The molecule has 0 radical (unpaired) electrons. The molecule has 1 aromatic rings. The number of nitrogens with one attached hydrogen (secondary N) is 2. The molecule has 6 heteroatoms. The fourth-order valence-corrected chi connectivity index (χ4v) is 1.95. The number of carboxylic acid groups (broad SMARTS) is 1. The number of amides is 2. The predicted molar refractivity (Wildman–Crippen MR) is 67.7 cm³/mol. The van der Waals surface area contributed by atoms with Crippen LogP contribution in [0.1, 0.15) is 29.6 Å². The number of halogens is 1. The molecule has 2 amide bonds. The van der Waals surface area contributed by atoms with Gasteiger partial charge in [-0.25, -0.2) is 14.0 Å². The minimum absolute atomic E-state index is 0.0430. The molecule has 5 nitrogen and oxygen atoms in total. The molecule has 0 bridgehead atoms. The molecule has 1 aliphatic carbocycles. The minimum Gasteiger partial charge on any atom is -0.478 e. The van der Waals surface area contributed by atoms with Crippen molar-refractivity contribution < 1.29 is 19.1 Å². The molecule has 3 N–H and O–H groups in total. The van der Waals surface area contributed by atoms with Crippen molar-refractivity contribution in [2.45, 2.75) is 19.3 Å². The van der Waals surface area contributed by atoms with Crippen LogP contribution in [0.5, 0.6) is 0 Å². The van der Waals surface area contributed by atoms with Crippen LogP contribution >= 0.6 is 0 Å². The molecular formula is C13H15FN2O3. The van der Waals surface area contributed by atoms with Crippen molar-refractivity contribution in [2.24, 2.45) is 5.92 Å². The normalized spacial score (nSPS) is 14.6. The highest BCUT2D eigenvalue weighted by molar-refractivity contribution is 6.00. The fourth-order valence-electron chi connectivity index (χ4n) is 1.95. The van der Waals surface area contributed by atoms with Gasteiger partial charge in [-0.15, -0.1) is 0 Å². The zero-order valence-electron chi connectivity index (χ0n) is 10.3. The number of rotatable bonds is 4. The van der Waals surface area contributed by atoms with Crippen LogP contribution in [0.4, 0.5) is 14.9 Å². The van der Waals surface area contributed by atoms with E-state index >= 15 is 0 Å². The van der Waals surface area contributed by atoms with Crippen molar-refractivity contribution in [2.75, 3.05) is 11.9 Å². The van der Waals surface area contributed by atoms with E-state index in [-0.39, 0.29) is 5.69 Å². The van der Waals surface area contributed by atoms with E-state index in [2.05, 4.69) is 10.6 Å². The van der Waals surface area contributed by atoms with E-state index in [9.17, 15) is 14.0 Å². The first-order chi connectivity index (χ1) is 9.08. The molecule has 0 aliphatic heterocycles. The number of anilines is 1. The van der Waals surface area contributed by atoms with Crippen molar-refractivity contribution in [3.8, 4) is 0 Å². The van der Waals surface area contributed by atoms with Crippen molar-refractivity contribution in [1.82, 2.24) is 5.32 Å². The van der Waals surface area contributed by atoms with Gasteiger partial charge in [-0.2, -0.15) is 0 Å². The summed E-state index contributed by atoms with van der Waals surface area (Å²) >= 11 is 0. The van der Waals surface area contributed by atoms with E-state index in [0.29, 0.717) is 12.5 Å². The number of carbonyl (C=O) groups excluding carboxylic acids is 1. The lowest BCUT2D eigenvalue weighted by Crippen LogP contribution is -2.35. The summed E-state index contributed by atoms with van der Waals surface area (Å²) in [5.74, 6) is -1.78. The van der Waals surface area contributed by atoms with Crippen LogP contribution in [0.25, 0.3) is 0 Å². The Balaban J connectivity index is 1.99. The highest BCUT2D eigenvalue weighted by Gasteiger charge is 2.20. The molecule has 1 saturated carbocycles. The van der Waals surface area contributed by atoms with Crippen LogP contribution in [0, 0.1) is 11.7 Å². The van der Waals surface area contributed by atoms with Gasteiger partial charge in [-0.3, -0.25) is 0 Å². The van der Waals surface area contributed by atoms with Crippen molar-refractivity contribution in [1.29, 1.82) is 0 Å². The zero-order chi connectivity index (χ0) is 13.8. The smallest absolute Gasteiger partial charge is 0.340 e. The lowest BCUT2D eigenvalue weighted by molar-refractivity contribution is 0.0693. The van der Waals surface area contributed by atoms with Gasteiger partial charge in [-0.05, 0) is 30.9 Å². The van der Waals surface area contributed by atoms with Gasteiger partial charge >= 0.3 is 12.0 Å². The Morgan fingerprint density at radius 2 is 2.11 bits per heavy atom. The summed E-state index contributed by atoms with van der Waals surface area (Å²) in [6.45, 7) is 0.559. The lowest BCUT2D eigenvalue weighted by atomic mass is 9.85. The molecule has 0 atom stereocenters. The molecule has 1 fully saturated rings. The van der Waals surface area contributed by atoms with Crippen molar-refractivity contribution in [3.63, 3.8) is 0 Å². The van der Waals surface area contributed by atoms with Gasteiger partial charge in [0.15, 0.2) is 0 Å². The Morgan fingerprint density at radius 1 is 1.37 bits per heavy atom. The zero-order valence-corrected chi connectivity index (χ0v) is 10.3. The number of benzene rings is 1. The van der Waals surface area contributed by atoms with E-state index in [0.717, 1.165) is 18.9 Å². The maximum Gasteiger partial charge on any atom is 0.340 e. The van der Waals surface area contributed by atoms with Crippen LogP contribution in [0.15, 0.2) is 18.2 Å². The Kier molecular flexibility index (Phi) is 3.99. The first kappa shape index (κ1) is 13.3. The second-order valence-corrected chi connectivity index (χ2v) is 4.60. The van der Waals surface area contributed by atoms with Crippen molar-refractivity contribution in [3.05, 3.63) is 29.6 Å². The average Bonchev–Trinajstić information content (AvgIpc) is 2.26. The van der Waals surface area contributed by atoms with E-state index in [1.54, 1.807) is 0 Å². The summed E-state index contributed by atoms with van der Waals surface area (Å²) in [5, 5.41) is 13.9. The number of carbonyl (C=O) groups is 2.